The summed E-state index contributed by atoms with van der Waals surface area (Å²) < 4.78 is -0.723. The smallest absolute Gasteiger partial charge is 0.244 e. The lowest BCUT2D eigenvalue weighted by atomic mass is 9.70. The van der Waals surface area contributed by atoms with Gasteiger partial charge in [0.1, 0.15) is 6.04 Å². The Bertz CT molecular complexity index is 1370. The summed E-state index contributed by atoms with van der Waals surface area (Å²) in [6.07, 6.45) is 1.44. The molecule has 2 bridgehead atoms. The lowest BCUT2D eigenvalue weighted by molar-refractivity contribution is -0.143. The van der Waals surface area contributed by atoms with E-state index in [-0.39, 0.29) is 29.6 Å². The van der Waals surface area contributed by atoms with Gasteiger partial charge in [-0.3, -0.25) is 14.4 Å². The lowest BCUT2D eigenvalue weighted by Crippen LogP contribution is -2.54. The van der Waals surface area contributed by atoms with Gasteiger partial charge in [-0.15, -0.1) is 11.8 Å². The van der Waals surface area contributed by atoms with E-state index in [0.717, 1.165) is 23.1 Å². The van der Waals surface area contributed by atoms with Gasteiger partial charge in [0.2, 0.25) is 17.7 Å². The van der Waals surface area contributed by atoms with Crippen molar-refractivity contribution in [1.82, 2.24) is 15.5 Å². The number of rotatable bonds is 9. The summed E-state index contributed by atoms with van der Waals surface area (Å²) in [6, 6.07) is 27.2. The highest BCUT2D eigenvalue weighted by Crippen LogP contribution is 2.67. The second-order valence-electron chi connectivity index (χ2n) is 10.8. The first-order chi connectivity index (χ1) is 19.5. The molecule has 40 heavy (non-hydrogen) atoms. The van der Waals surface area contributed by atoms with Gasteiger partial charge in [0, 0.05) is 18.3 Å². The second-order valence-corrected chi connectivity index (χ2v) is 12.4. The van der Waals surface area contributed by atoms with E-state index in [1.54, 1.807) is 16.7 Å². The number of aliphatic hydroxyl groups is 1. The standard InChI is InChI=1S/C32H33N3O4S/c36-20-24(23-14-8-3-9-15-23)35-28(30(38)34-19-22-12-6-2-7-13-22)32-17-16-25(40-32)26(27(32)31(35)39)29(37)33-18-21-10-4-1-5-11-21/h1-15,24-28,36H,16-20H2,(H,33,37)(H,34,38)/t24-,25-,26+,27+,28?,32?/m1/s1. The highest BCUT2D eigenvalue weighted by Gasteiger charge is 2.74. The molecule has 3 amide bonds. The summed E-state index contributed by atoms with van der Waals surface area (Å²) in [5, 5.41) is 16.7. The summed E-state index contributed by atoms with van der Waals surface area (Å²) >= 11 is 1.63. The first-order valence-electron chi connectivity index (χ1n) is 13.8. The number of amides is 3. The number of hydrogen-bond donors (Lipinski definition) is 3. The molecule has 3 aliphatic heterocycles. The van der Waals surface area contributed by atoms with Crippen LogP contribution in [0.25, 0.3) is 0 Å². The number of aliphatic hydroxyl groups excluding tert-OH is 1. The molecule has 3 N–H and O–H groups in total. The van der Waals surface area contributed by atoms with E-state index in [2.05, 4.69) is 10.6 Å². The minimum atomic E-state index is -0.798. The third kappa shape index (κ3) is 4.59. The van der Waals surface area contributed by atoms with Crippen LogP contribution in [0.15, 0.2) is 91.0 Å². The van der Waals surface area contributed by atoms with E-state index >= 15 is 0 Å². The molecule has 1 spiro atoms. The molecule has 3 saturated heterocycles. The fourth-order valence-electron chi connectivity index (χ4n) is 6.84. The van der Waals surface area contributed by atoms with Gasteiger partial charge in [0.05, 0.1) is 29.2 Å². The zero-order valence-electron chi connectivity index (χ0n) is 22.1. The summed E-state index contributed by atoms with van der Waals surface area (Å²) in [4.78, 5) is 43.6. The normalized spacial score (nSPS) is 27.3. The number of nitrogens with one attached hydrogen (secondary N) is 2. The maximum absolute atomic E-state index is 14.4. The Hall–Kier alpha value is -3.62. The molecule has 3 fully saturated rings. The largest absolute Gasteiger partial charge is 0.394 e. The molecule has 3 aromatic rings. The highest BCUT2D eigenvalue weighted by molar-refractivity contribution is 8.02. The minimum absolute atomic E-state index is 0.0272. The minimum Gasteiger partial charge on any atom is -0.394 e. The lowest BCUT2D eigenvalue weighted by Gasteiger charge is -2.37. The predicted octanol–water partition coefficient (Wildman–Crippen LogP) is 3.44. The van der Waals surface area contributed by atoms with E-state index in [1.165, 1.54) is 0 Å². The van der Waals surface area contributed by atoms with Gasteiger partial charge in [-0.05, 0) is 29.5 Å². The van der Waals surface area contributed by atoms with Gasteiger partial charge in [-0.1, -0.05) is 91.0 Å². The van der Waals surface area contributed by atoms with Crippen LogP contribution in [0.4, 0.5) is 0 Å². The fraction of sp³-hybridized carbons (Fsp3) is 0.344. The molecular weight excluding hydrogens is 522 g/mol. The van der Waals surface area contributed by atoms with Crippen LogP contribution in [0.2, 0.25) is 0 Å². The third-order valence-electron chi connectivity index (χ3n) is 8.60. The van der Waals surface area contributed by atoms with Gasteiger partial charge in [-0.2, -0.15) is 0 Å². The van der Waals surface area contributed by atoms with Crippen molar-refractivity contribution < 1.29 is 19.5 Å². The molecule has 206 valence electrons. The van der Waals surface area contributed by atoms with Crippen molar-refractivity contribution in [2.45, 2.75) is 48.0 Å². The molecule has 3 aliphatic rings. The number of nitrogens with zero attached hydrogens (tertiary/aromatic N) is 1. The van der Waals surface area contributed by atoms with Crippen molar-refractivity contribution in [3.05, 3.63) is 108 Å². The number of carbonyl (C=O) groups is 3. The monoisotopic (exact) mass is 555 g/mol. The SMILES string of the molecule is O=C(NCc1ccccc1)C1N([C@H](CO)c2ccccc2)C(=O)[C@@H]2[C@@H](C(=O)NCc3ccccc3)[C@H]3CCC12S3. The molecule has 0 aromatic heterocycles. The van der Waals surface area contributed by atoms with Crippen molar-refractivity contribution in [3.63, 3.8) is 0 Å². The van der Waals surface area contributed by atoms with Crippen LogP contribution in [-0.2, 0) is 27.5 Å². The zero-order chi connectivity index (χ0) is 27.7. The second kappa shape index (κ2) is 11.1. The summed E-state index contributed by atoms with van der Waals surface area (Å²) in [6.45, 7) is 0.401. The molecule has 8 heteroatoms. The van der Waals surface area contributed by atoms with E-state index in [0.29, 0.717) is 19.5 Å². The Kier molecular flexibility index (Phi) is 7.38. The Morgan fingerprint density at radius 3 is 2.00 bits per heavy atom. The predicted molar refractivity (Wildman–Crippen MR) is 154 cm³/mol. The van der Waals surface area contributed by atoms with E-state index in [9.17, 15) is 19.5 Å². The van der Waals surface area contributed by atoms with Gasteiger partial charge >= 0.3 is 0 Å². The first kappa shape index (κ1) is 26.6. The van der Waals surface area contributed by atoms with Crippen LogP contribution in [0.3, 0.4) is 0 Å². The maximum atomic E-state index is 14.4. The Labute approximate surface area is 238 Å². The van der Waals surface area contributed by atoms with E-state index < -0.39 is 28.7 Å². The molecule has 6 atom stereocenters. The quantitative estimate of drug-likeness (QED) is 0.376. The first-order valence-corrected chi connectivity index (χ1v) is 14.7. The van der Waals surface area contributed by atoms with Crippen LogP contribution in [0.1, 0.15) is 35.6 Å². The number of carbonyl (C=O) groups excluding carboxylic acids is 3. The van der Waals surface area contributed by atoms with Crippen molar-refractivity contribution >= 4 is 29.5 Å². The van der Waals surface area contributed by atoms with Crippen LogP contribution < -0.4 is 10.6 Å². The molecule has 3 aromatic carbocycles. The fourth-order valence-corrected chi connectivity index (χ4v) is 9.05. The zero-order valence-corrected chi connectivity index (χ0v) is 22.9. The topological polar surface area (TPSA) is 98.7 Å². The Morgan fingerprint density at radius 1 is 0.875 bits per heavy atom. The number of benzene rings is 3. The van der Waals surface area contributed by atoms with E-state index in [1.807, 2.05) is 91.0 Å². The third-order valence-corrected chi connectivity index (χ3v) is 10.6. The van der Waals surface area contributed by atoms with Gasteiger partial charge in [0.25, 0.3) is 0 Å². The van der Waals surface area contributed by atoms with Crippen molar-refractivity contribution in [2.75, 3.05) is 6.61 Å². The molecule has 6 rings (SSSR count). The summed E-state index contributed by atoms with van der Waals surface area (Å²) in [7, 11) is 0. The number of hydrogen-bond acceptors (Lipinski definition) is 5. The number of fused-ring (bicyclic) bond motifs is 1. The van der Waals surface area contributed by atoms with Crippen molar-refractivity contribution in [1.29, 1.82) is 0 Å². The molecule has 7 nitrogen and oxygen atoms in total. The molecule has 2 unspecified atom stereocenters. The van der Waals surface area contributed by atoms with Crippen LogP contribution in [0, 0.1) is 11.8 Å². The number of thioether (sulfide) groups is 1. The van der Waals surface area contributed by atoms with Gasteiger partial charge < -0.3 is 20.6 Å². The molecule has 3 heterocycles. The average molecular weight is 556 g/mol. The summed E-state index contributed by atoms with van der Waals surface area (Å²) in [5.74, 6) is -1.77. The van der Waals surface area contributed by atoms with Crippen LogP contribution in [0.5, 0.6) is 0 Å². The molecular formula is C32H33N3O4S. The Morgan fingerprint density at radius 2 is 1.43 bits per heavy atom. The van der Waals surface area contributed by atoms with Crippen LogP contribution in [-0.4, -0.2) is 50.4 Å². The summed E-state index contributed by atoms with van der Waals surface area (Å²) in [5.41, 5.74) is 2.72. The maximum Gasteiger partial charge on any atom is 0.244 e. The highest BCUT2D eigenvalue weighted by atomic mass is 32.2. The number of likely N-dealkylation sites (tertiary alicyclic amines) is 1. The van der Waals surface area contributed by atoms with E-state index in [4.69, 9.17) is 0 Å². The van der Waals surface area contributed by atoms with Crippen molar-refractivity contribution in [3.8, 4) is 0 Å². The van der Waals surface area contributed by atoms with Crippen molar-refractivity contribution in [2.24, 2.45) is 11.8 Å². The van der Waals surface area contributed by atoms with Gasteiger partial charge in [-0.25, -0.2) is 0 Å². The van der Waals surface area contributed by atoms with Gasteiger partial charge in [0.15, 0.2) is 0 Å². The Balaban J connectivity index is 1.33. The molecule has 0 saturated carbocycles. The van der Waals surface area contributed by atoms with Crippen LogP contribution >= 0.6 is 11.8 Å². The molecule has 0 aliphatic carbocycles. The average Bonchev–Trinajstić information content (AvgIpc) is 3.64. The molecule has 0 radical (unpaired) electrons.